The van der Waals surface area contributed by atoms with Gasteiger partial charge in [0, 0.05) is 36.3 Å². The van der Waals surface area contributed by atoms with Crippen LogP contribution in [-0.2, 0) is 21.0 Å². The van der Waals surface area contributed by atoms with Crippen LogP contribution in [0.15, 0.2) is 48.7 Å². The highest BCUT2D eigenvalue weighted by molar-refractivity contribution is 6.04. The van der Waals surface area contributed by atoms with Gasteiger partial charge in [-0.25, -0.2) is 0 Å². The van der Waals surface area contributed by atoms with Gasteiger partial charge in [0.25, 0.3) is 0 Å². The number of carbonyl (C=O) groups is 1. The second kappa shape index (κ2) is 8.37. The maximum atomic E-state index is 13.0. The summed E-state index contributed by atoms with van der Waals surface area (Å²) < 4.78 is 5.40. The first-order chi connectivity index (χ1) is 16.1. The van der Waals surface area contributed by atoms with E-state index in [0.717, 1.165) is 44.7 Å². The summed E-state index contributed by atoms with van der Waals surface area (Å²) in [4.78, 5) is 15.2. The molecule has 1 saturated heterocycles. The average molecular weight is 458 g/mol. The fourth-order valence-electron chi connectivity index (χ4n) is 6.04. The molecule has 1 heterocycles. The highest BCUT2D eigenvalue weighted by Gasteiger charge is 2.48. The number of ether oxygens (including phenoxy) is 1. The predicted octanol–water partition coefficient (Wildman–Crippen LogP) is 6.45. The molecule has 0 bridgehead atoms. The van der Waals surface area contributed by atoms with Gasteiger partial charge < -0.3 is 9.64 Å². The Morgan fingerprint density at radius 2 is 1.53 bits per heavy atom. The van der Waals surface area contributed by atoms with E-state index in [1.54, 1.807) is 6.08 Å². The maximum absolute atomic E-state index is 13.0. The molecule has 0 unspecified atom stereocenters. The number of rotatable bonds is 5. The number of nitrogens with zero attached hydrogens (tertiary/aromatic N) is 1. The van der Waals surface area contributed by atoms with E-state index >= 15 is 0 Å². The zero-order chi connectivity index (χ0) is 24.1. The van der Waals surface area contributed by atoms with Crippen LogP contribution in [-0.4, -0.2) is 37.0 Å². The molecule has 5 rings (SSSR count). The van der Waals surface area contributed by atoms with Crippen molar-refractivity contribution in [2.75, 3.05) is 26.3 Å². The number of benzene rings is 2. The van der Waals surface area contributed by atoms with Crippen molar-refractivity contribution in [3.63, 3.8) is 0 Å². The molecule has 0 radical (unpaired) electrons. The molecule has 0 aromatic heterocycles. The molecule has 3 nitrogen and oxygen atoms in total. The number of hydrogen-bond donors (Lipinski definition) is 0. The summed E-state index contributed by atoms with van der Waals surface area (Å²) in [5.41, 5.74) is 8.45. The van der Waals surface area contributed by atoms with E-state index in [1.807, 2.05) is 12.3 Å². The lowest BCUT2D eigenvalue weighted by Crippen LogP contribution is -2.34. The van der Waals surface area contributed by atoms with Crippen molar-refractivity contribution in [2.24, 2.45) is 0 Å². The van der Waals surface area contributed by atoms with Crippen LogP contribution in [0.4, 0.5) is 0 Å². The molecule has 0 spiro atoms. The fourth-order valence-corrected chi connectivity index (χ4v) is 6.04. The van der Waals surface area contributed by atoms with E-state index in [9.17, 15) is 4.79 Å². The fraction of sp³-hybridized carbons (Fsp3) is 0.516. The van der Waals surface area contributed by atoms with E-state index in [4.69, 9.17) is 4.74 Å². The number of allylic oxidation sites excluding steroid dienone is 1. The number of aryl methyl sites for hydroxylation is 1. The average Bonchev–Trinajstić information content (AvgIpc) is 3.63. The minimum absolute atomic E-state index is 0.0427. The van der Waals surface area contributed by atoms with E-state index in [-0.39, 0.29) is 22.0 Å². The van der Waals surface area contributed by atoms with E-state index < -0.39 is 0 Å². The van der Waals surface area contributed by atoms with Crippen LogP contribution in [0.2, 0.25) is 0 Å². The molecule has 0 atom stereocenters. The van der Waals surface area contributed by atoms with Crippen LogP contribution in [0.1, 0.15) is 91.6 Å². The summed E-state index contributed by atoms with van der Waals surface area (Å²) in [6.45, 7) is 15.0. The molecule has 1 saturated carbocycles. The molecular formula is C31H39NO2. The first-order valence-electron chi connectivity index (χ1n) is 12.9. The van der Waals surface area contributed by atoms with E-state index in [0.29, 0.717) is 0 Å². The zero-order valence-electron chi connectivity index (χ0n) is 21.5. The summed E-state index contributed by atoms with van der Waals surface area (Å²) in [7, 11) is 0. The van der Waals surface area contributed by atoms with Crippen LogP contribution in [0.25, 0.3) is 0 Å². The Hall–Kier alpha value is -2.39. The minimum atomic E-state index is 0.0427. The topological polar surface area (TPSA) is 29.5 Å². The van der Waals surface area contributed by atoms with Gasteiger partial charge in [0.15, 0.2) is 5.78 Å². The quantitative estimate of drug-likeness (QED) is 0.382. The monoisotopic (exact) mass is 457 g/mol. The molecule has 0 N–H and O–H groups in total. The van der Waals surface area contributed by atoms with E-state index in [1.165, 1.54) is 40.7 Å². The van der Waals surface area contributed by atoms with Gasteiger partial charge in [-0.2, -0.15) is 0 Å². The first-order valence-corrected chi connectivity index (χ1v) is 12.9. The van der Waals surface area contributed by atoms with Crippen molar-refractivity contribution in [1.82, 2.24) is 4.90 Å². The smallest absolute Gasteiger partial charge is 0.187 e. The molecule has 180 valence electrons. The summed E-state index contributed by atoms with van der Waals surface area (Å²) in [5.74, 6) is 0.0780. The van der Waals surface area contributed by atoms with Crippen molar-refractivity contribution in [3.8, 4) is 0 Å². The SMILES string of the molecule is Cc1cc2c(cc1C1(c3cccc(C(=O)C=CN4CCOCC4)c3)CC1)C(C)(C)CCC2(C)C. The van der Waals surface area contributed by atoms with Crippen molar-refractivity contribution in [2.45, 2.75) is 76.5 Å². The van der Waals surface area contributed by atoms with Gasteiger partial charge in [-0.1, -0.05) is 58.0 Å². The zero-order valence-corrected chi connectivity index (χ0v) is 21.5. The normalized spacial score (nSPS) is 22.4. The van der Waals surface area contributed by atoms with Crippen molar-refractivity contribution in [3.05, 3.63) is 82.1 Å². The van der Waals surface area contributed by atoms with Gasteiger partial charge in [0.1, 0.15) is 0 Å². The lowest BCUT2D eigenvalue weighted by Gasteiger charge is -2.43. The predicted molar refractivity (Wildman–Crippen MR) is 139 cm³/mol. The molecule has 34 heavy (non-hydrogen) atoms. The number of carbonyl (C=O) groups excluding carboxylic acids is 1. The van der Waals surface area contributed by atoms with Gasteiger partial charge in [-0.05, 0) is 77.3 Å². The molecule has 3 heteroatoms. The standard InChI is InChI=1S/C31H39NO2/c1-22-19-26-27(30(4,5)11-10-29(26,2)3)21-25(22)31(12-13-31)24-8-6-7-23(20-24)28(33)9-14-32-15-17-34-18-16-32/h6-9,14,19-21H,10-13,15-18H2,1-5H3. The Labute approximate surface area is 205 Å². The summed E-state index contributed by atoms with van der Waals surface area (Å²) >= 11 is 0. The molecule has 2 aliphatic carbocycles. The molecule has 0 amide bonds. The second-order valence-corrected chi connectivity index (χ2v) is 12.0. The largest absolute Gasteiger partial charge is 0.378 e. The van der Waals surface area contributed by atoms with E-state index in [2.05, 4.69) is 69.9 Å². The highest BCUT2D eigenvalue weighted by Crippen LogP contribution is 2.56. The molecule has 2 aromatic carbocycles. The van der Waals surface area contributed by atoms with Crippen molar-refractivity contribution in [1.29, 1.82) is 0 Å². The lowest BCUT2D eigenvalue weighted by atomic mass is 9.62. The number of morpholine rings is 1. The van der Waals surface area contributed by atoms with Gasteiger partial charge in [-0.3, -0.25) is 4.79 Å². The Balaban J connectivity index is 1.47. The van der Waals surface area contributed by atoms with Gasteiger partial charge >= 0.3 is 0 Å². The van der Waals surface area contributed by atoms with Crippen LogP contribution >= 0.6 is 0 Å². The molecule has 2 fully saturated rings. The maximum Gasteiger partial charge on any atom is 0.187 e. The Morgan fingerprint density at radius 1 is 0.882 bits per heavy atom. The highest BCUT2D eigenvalue weighted by atomic mass is 16.5. The second-order valence-electron chi connectivity index (χ2n) is 12.0. The summed E-state index contributed by atoms with van der Waals surface area (Å²) in [6.07, 6.45) is 8.41. The van der Waals surface area contributed by atoms with Crippen LogP contribution in [0, 0.1) is 6.92 Å². The van der Waals surface area contributed by atoms with Gasteiger partial charge in [-0.15, -0.1) is 0 Å². The van der Waals surface area contributed by atoms with Crippen LogP contribution in [0.5, 0.6) is 0 Å². The Morgan fingerprint density at radius 3 is 2.18 bits per heavy atom. The third-order valence-electron chi connectivity index (χ3n) is 8.65. The number of fused-ring (bicyclic) bond motifs is 1. The number of ketones is 1. The summed E-state index contributed by atoms with van der Waals surface area (Å²) in [6, 6.07) is 13.4. The third kappa shape index (κ3) is 4.13. The lowest BCUT2D eigenvalue weighted by molar-refractivity contribution is 0.0591. The molecular weight excluding hydrogens is 418 g/mol. The molecule has 2 aromatic rings. The van der Waals surface area contributed by atoms with Crippen LogP contribution in [0.3, 0.4) is 0 Å². The van der Waals surface area contributed by atoms with Crippen molar-refractivity contribution >= 4 is 5.78 Å². The van der Waals surface area contributed by atoms with Crippen molar-refractivity contribution < 1.29 is 9.53 Å². The minimum Gasteiger partial charge on any atom is -0.378 e. The Kier molecular flexibility index (Phi) is 5.75. The Bertz CT molecular complexity index is 1130. The summed E-state index contributed by atoms with van der Waals surface area (Å²) in [5, 5.41) is 0. The molecule has 1 aliphatic heterocycles. The molecule has 3 aliphatic rings. The first kappa shape index (κ1) is 23.4. The number of hydrogen-bond acceptors (Lipinski definition) is 3. The third-order valence-corrected chi connectivity index (χ3v) is 8.65. The van der Waals surface area contributed by atoms with Gasteiger partial charge in [0.05, 0.1) is 13.2 Å². The van der Waals surface area contributed by atoms with Crippen LogP contribution < -0.4 is 0 Å². The van der Waals surface area contributed by atoms with Gasteiger partial charge in [0.2, 0.25) is 0 Å².